The van der Waals surface area contributed by atoms with Crippen LogP contribution < -0.4 is 0 Å². The molecule has 0 amide bonds. The molecule has 0 N–H and O–H groups in total. The molecule has 0 atom stereocenters. The Kier molecular flexibility index (Phi) is 8.54. The molecule has 0 aromatic heterocycles. The van der Waals surface area contributed by atoms with E-state index in [0.717, 1.165) is 19.4 Å². The van der Waals surface area contributed by atoms with Crippen LogP contribution in [0.4, 0.5) is 0 Å². The molecule has 0 aromatic carbocycles. The zero-order valence-electron chi connectivity index (χ0n) is 9.59. The average molecular weight is 197 g/mol. The van der Waals surface area contributed by atoms with E-state index in [-0.39, 0.29) is 5.78 Å². The van der Waals surface area contributed by atoms with Crippen LogP contribution in [0.25, 0.3) is 0 Å². The molecule has 0 heterocycles. The van der Waals surface area contributed by atoms with Crippen molar-refractivity contribution in [1.29, 1.82) is 0 Å². The number of hydrogen-bond donors (Lipinski definition) is 0. The fourth-order valence-electron chi connectivity index (χ4n) is 1.32. The van der Waals surface area contributed by atoms with Crippen molar-refractivity contribution in [2.24, 2.45) is 0 Å². The van der Waals surface area contributed by atoms with Crippen molar-refractivity contribution in [3.63, 3.8) is 0 Å². The second-order valence-electron chi connectivity index (χ2n) is 3.78. The molecule has 0 unspecified atom stereocenters. The Morgan fingerprint density at radius 1 is 1.29 bits per heavy atom. The summed E-state index contributed by atoms with van der Waals surface area (Å²) >= 11 is 0. The maximum absolute atomic E-state index is 10.9. The minimum atomic E-state index is 0.168. The lowest BCUT2D eigenvalue weighted by atomic mass is 10.1. The van der Waals surface area contributed by atoms with E-state index in [1.807, 2.05) is 0 Å². The Morgan fingerprint density at radius 3 is 2.50 bits per heavy atom. The Hall–Kier alpha value is -0.630. The molecular formula is C12H23NO. The second kappa shape index (κ2) is 8.95. The second-order valence-corrected chi connectivity index (χ2v) is 3.78. The summed E-state index contributed by atoms with van der Waals surface area (Å²) < 4.78 is 0. The van der Waals surface area contributed by atoms with Crippen LogP contribution in [-0.2, 0) is 4.79 Å². The van der Waals surface area contributed by atoms with Crippen LogP contribution in [-0.4, -0.2) is 30.8 Å². The van der Waals surface area contributed by atoms with Gasteiger partial charge in [-0.3, -0.25) is 4.79 Å². The van der Waals surface area contributed by atoms with Gasteiger partial charge in [0.1, 0.15) is 0 Å². The summed E-state index contributed by atoms with van der Waals surface area (Å²) in [6.07, 6.45) is 6.69. The number of carbonyl (C=O) groups is 1. The molecule has 14 heavy (non-hydrogen) atoms. The van der Waals surface area contributed by atoms with E-state index in [1.54, 1.807) is 0 Å². The van der Waals surface area contributed by atoms with Crippen LogP contribution in [0.5, 0.6) is 0 Å². The molecule has 0 saturated carbocycles. The highest BCUT2D eigenvalue weighted by Gasteiger charge is 1.99. The first kappa shape index (κ1) is 13.4. The summed E-state index contributed by atoms with van der Waals surface area (Å²) in [5, 5.41) is 0. The Balaban J connectivity index is 3.26. The molecule has 2 heteroatoms. The van der Waals surface area contributed by atoms with Gasteiger partial charge < -0.3 is 4.90 Å². The first-order valence-corrected chi connectivity index (χ1v) is 5.54. The Bertz CT molecular complexity index is 166. The third-order valence-corrected chi connectivity index (χ3v) is 2.33. The summed E-state index contributed by atoms with van der Waals surface area (Å²) in [7, 11) is 2.14. The van der Waals surface area contributed by atoms with E-state index in [1.165, 1.54) is 25.5 Å². The van der Waals surface area contributed by atoms with Crippen LogP contribution in [0, 0.1) is 0 Å². The van der Waals surface area contributed by atoms with Gasteiger partial charge in [-0.2, -0.15) is 0 Å². The average Bonchev–Trinajstić information content (AvgIpc) is 2.21. The van der Waals surface area contributed by atoms with Gasteiger partial charge >= 0.3 is 0 Å². The van der Waals surface area contributed by atoms with Crippen molar-refractivity contribution < 1.29 is 4.79 Å². The summed E-state index contributed by atoms with van der Waals surface area (Å²) in [6.45, 7) is 7.93. The van der Waals surface area contributed by atoms with E-state index in [9.17, 15) is 4.79 Å². The van der Waals surface area contributed by atoms with E-state index in [0.29, 0.717) is 6.42 Å². The molecular weight excluding hydrogens is 174 g/mol. The predicted molar refractivity (Wildman–Crippen MR) is 61.5 cm³/mol. The molecule has 0 aliphatic carbocycles. The van der Waals surface area contributed by atoms with Gasteiger partial charge in [0.05, 0.1) is 0 Å². The smallest absolute Gasteiger partial charge is 0.155 e. The lowest BCUT2D eigenvalue weighted by molar-refractivity contribution is -0.114. The van der Waals surface area contributed by atoms with Crippen molar-refractivity contribution in [3.05, 3.63) is 12.7 Å². The number of allylic oxidation sites excluding steroid dienone is 1. The molecule has 0 spiro atoms. The first-order chi connectivity index (χ1) is 6.70. The van der Waals surface area contributed by atoms with Crippen LogP contribution in [0.15, 0.2) is 12.7 Å². The monoisotopic (exact) mass is 197 g/mol. The van der Waals surface area contributed by atoms with Crippen LogP contribution >= 0.6 is 0 Å². The van der Waals surface area contributed by atoms with Crippen molar-refractivity contribution in [2.75, 3.05) is 20.1 Å². The van der Waals surface area contributed by atoms with Gasteiger partial charge in [-0.05, 0) is 45.5 Å². The van der Waals surface area contributed by atoms with Crippen LogP contribution in [0.3, 0.4) is 0 Å². The molecule has 2 nitrogen and oxygen atoms in total. The SMILES string of the molecule is C=CC(=O)CCCCN(C)CCCC. The molecule has 82 valence electrons. The number of unbranched alkanes of at least 4 members (excludes halogenated alkanes) is 2. The van der Waals surface area contributed by atoms with Crippen molar-refractivity contribution in [2.45, 2.75) is 39.0 Å². The highest BCUT2D eigenvalue weighted by atomic mass is 16.1. The normalized spacial score (nSPS) is 10.5. The molecule has 0 bridgehead atoms. The van der Waals surface area contributed by atoms with Gasteiger partial charge in [-0.15, -0.1) is 0 Å². The van der Waals surface area contributed by atoms with E-state index in [2.05, 4.69) is 25.5 Å². The van der Waals surface area contributed by atoms with Gasteiger partial charge in [0, 0.05) is 6.42 Å². The minimum absolute atomic E-state index is 0.168. The molecule has 0 aliphatic rings. The number of carbonyl (C=O) groups excluding carboxylic acids is 1. The zero-order valence-corrected chi connectivity index (χ0v) is 9.59. The van der Waals surface area contributed by atoms with E-state index in [4.69, 9.17) is 0 Å². The summed E-state index contributed by atoms with van der Waals surface area (Å²) in [5.41, 5.74) is 0. The van der Waals surface area contributed by atoms with Crippen molar-refractivity contribution in [1.82, 2.24) is 4.90 Å². The summed E-state index contributed by atoms with van der Waals surface area (Å²) in [4.78, 5) is 13.2. The van der Waals surface area contributed by atoms with Gasteiger partial charge in [0.15, 0.2) is 5.78 Å². The summed E-state index contributed by atoms with van der Waals surface area (Å²) in [6, 6.07) is 0. The van der Waals surface area contributed by atoms with E-state index < -0.39 is 0 Å². The minimum Gasteiger partial charge on any atom is -0.306 e. The third-order valence-electron chi connectivity index (χ3n) is 2.33. The Morgan fingerprint density at radius 2 is 1.93 bits per heavy atom. The van der Waals surface area contributed by atoms with E-state index >= 15 is 0 Å². The molecule has 0 saturated heterocycles. The quantitative estimate of drug-likeness (QED) is 0.418. The summed E-state index contributed by atoms with van der Waals surface area (Å²) in [5.74, 6) is 0.168. The molecule has 0 aromatic rings. The number of hydrogen-bond acceptors (Lipinski definition) is 2. The Labute approximate surface area is 88.0 Å². The predicted octanol–water partition coefficient (Wildman–Crippen LogP) is 2.64. The fraction of sp³-hybridized carbons (Fsp3) is 0.750. The highest BCUT2D eigenvalue weighted by Crippen LogP contribution is 2.00. The van der Waals surface area contributed by atoms with Crippen LogP contribution in [0.1, 0.15) is 39.0 Å². The standard InChI is InChI=1S/C12H23NO/c1-4-6-10-13(3)11-8-7-9-12(14)5-2/h5H,2,4,6-11H2,1,3H3. The number of rotatable bonds is 9. The topological polar surface area (TPSA) is 20.3 Å². The van der Waals surface area contributed by atoms with Crippen molar-refractivity contribution >= 4 is 5.78 Å². The maximum Gasteiger partial charge on any atom is 0.155 e. The molecule has 0 radical (unpaired) electrons. The first-order valence-electron chi connectivity index (χ1n) is 5.54. The third kappa shape index (κ3) is 7.99. The van der Waals surface area contributed by atoms with Gasteiger partial charge in [-0.25, -0.2) is 0 Å². The van der Waals surface area contributed by atoms with Crippen LogP contribution in [0.2, 0.25) is 0 Å². The fourth-order valence-corrected chi connectivity index (χ4v) is 1.32. The largest absolute Gasteiger partial charge is 0.306 e. The highest BCUT2D eigenvalue weighted by molar-refractivity contribution is 5.88. The molecule has 0 aliphatic heterocycles. The molecule has 0 fully saturated rings. The lowest BCUT2D eigenvalue weighted by Crippen LogP contribution is -2.20. The van der Waals surface area contributed by atoms with Crippen molar-refractivity contribution in [3.8, 4) is 0 Å². The molecule has 0 rings (SSSR count). The maximum atomic E-state index is 10.9. The van der Waals surface area contributed by atoms with Gasteiger partial charge in [0.25, 0.3) is 0 Å². The lowest BCUT2D eigenvalue weighted by Gasteiger charge is -2.15. The number of ketones is 1. The van der Waals surface area contributed by atoms with Gasteiger partial charge in [0.2, 0.25) is 0 Å². The number of nitrogens with zero attached hydrogens (tertiary/aromatic N) is 1. The van der Waals surface area contributed by atoms with Gasteiger partial charge in [-0.1, -0.05) is 19.9 Å². The zero-order chi connectivity index (χ0) is 10.8.